The van der Waals surface area contributed by atoms with Gasteiger partial charge >= 0.3 is 5.97 Å². The molecule has 1 fully saturated rings. The molecule has 0 spiro atoms. The number of likely N-dealkylation sites (tertiary alicyclic amines) is 1. The number of carbonyl (C=O) groups is 2. The van der Waals surface area contributed by atoms with Gasteiger partial charge in [-0.3, -0.25) is 14.9 Å². The molecule has 1 aliphatic rings. The van der Waals surface area contributed by atoms with Crippen LogP contribution in [0, 0.1) is 17.0 Å². The van der Waals surface area contributed by atoms with Gasteiger partial charge in [-0.05, 0) is 38.3 Å². The molecule has 1 saturated heterocycles. The Morgan fingerprint density at radius 1 is 1.36 bits per heavy atom. The van der Waals surface area contributed by atoms with Crippen LogP contribution in [0.4, 0.5) is 5.69 Å². The summed E-state index contributed by atoms with van der Waals surface area (Å²) in [5, 5.41) is 10.8. The van der Waals surface area contributed by atoms with Crippen LogP contribution in [-0.2, 0) is 9.53 Å². The van der Waals surface area contributed by atoms with Crippen LogP contribution in [0.15, 0.2) is 18.2 Å². The van der Waals surface area contributed by atoms with E-state index in [9.17, 15) is 19.7 Å². The van der Waals surface area contributed by atoms with Crippen molar-refractivity contribution in [3.05, 3.63) is 39.4 Å². The highest BCUT2D eigenvalue weighted by molar-refractivity contribution is 5.97. The first kappa shape index (κ1) is 15.9. The fourth-order valence-electron chi connectivity index (χ4n) is 2.71. The van der Waals surface area contributed by atoms with Crippen molar-refractivity contribution in [3.8, 4) is 0 Å². The van der Waals surface area contributed by atoms with Gasteiger partial charge in [-0.25, -0.2) is 4.79 Å². The zero-order valence-electron chi connectivity index (χ0n) is 12.6. The fourth-order valence-corrected chi connectivity index (χ4v) is 2.71. The van der Waals surface area contributed by atoms with Crippen molar-refractivity contribution in [1.29, 1.82) is 0 Å². The summed E-state index contributed by atoms with van der Waals surface area (Å²) in [5.74, 6) is -0.722. The first-order valence-electron chi connectivity index (χ1n) is 7.09. The lowest BCUT2D eigenvalue weighted by Gasteiger charge is -2.33. The predicted molar refractivity (Wildman–Crippen MR) is 78.5 cm³/mol. The van der Waals surface area contributed by atoms with Crippen LogP contribution in [0.25, 0.3) is 0 Å². The number of nitrogens with zero attached hydrogens (tertiary/aromatic N) is 2. The number of benzene rings is 1. The second-order valence-corrected chi connectivity index (χ2v) is 5.29. The van der Waals surface area contributed by atoms with E-state index in [1.165, 1.54) is 30.2 Å². The lowest BCUT2D eigenvalue weighted by molar-refractivity contribution is -0.385. The smallest absolute Gasteiger partial charge is 0.328 e. The fraction of sp³-hybridized carbons (Fsp3) is 0.467. The number of hydrogen-bond donors (Lipinski definition) is 0. The molecule has 0 saturated carbocycles. The SMILES string of the molecule is COC(=O)C1CCCCN1C(=O)c1ccc([N+](=O)[O-])c(C)c1. The molecule has 0 aromatic heterocycles. The third kappa shape index (κ3) is 3.08. The Kier molecular flexibility index (Phi) is 4.75. The van der Waals surface area contributed by atoms with E-state index < -0.39 is 16.9 Å². The average molecular weight is 306 g/mol. The molecule has 0 radical (unpaired) electrons. The van der Waals surface area contributed by atoms with E-state index in [2.05, 4.69) is 0 Å². The molecule has 7 nitrogen and oxygen atoms in total. The van der Waals surface area contributed by atoms with E-state index in [-0.39, 0.29) is 11.6 Å². The first-order valence-corrected chi connectivity index (χ1v) is 7.09. The number of aryl methyl sites for hydroxylation is 1. The topological polar surface area (TPSA) is 89.8 Å². The van der Waals surface area contributed by atoms with Crippen molar-refractivity contribution in [3.63, 3.8) is 0 Å². The average Bonchev–Trinajstić information content (AvgIpc) is 2.53. The van der Waals surface area contributed by atoms with Crippen LogP contribution in [0.2, 0.25) is 0 Å². The number of carbonyl (C=O) groups excluding carboxylic acids is 2. The number of methoxy groups -OCH3 is 1. The molecule has 0 bridgehead atoms. The standard InChI is InChI=1S/C15H18N2O5/c1-10-9-11(6-7-12(10)17(20)21)14(18)16-8-4-3-5-13(16)15(19)22-2/h6-7,9,13H,3-5,8H2,1-2H3. The Hall–Kier alpha value is -2.44. The highest BCUT2D eigenvalue weighted by Crippen LogP contribution is 2.24. The van der Waals surface area contributed by atoms with Gasteiger partial charge in [-0.15, -0.1) is 0 Å². The summed E-state index contributed by atoms with van der Waals surface area (Å²) in [5.41, 5.74) is 0.737. The van der Waals surface area contributed by atoms with E-state index in [0.29, 0.717) is 24.1 Å². The normalized spacial score (nSPS) is 17.9. The molecule has 1 atom stereocenters. The van der Waals surface area contributed by atoms with Gasteiger partial charge in [0.2, 0.25) is 0 Å². The minimum Gasteiger partial charge on any atom is -0.467 e. The van der Waals surface area contributed by atoms with Crippen LogP contribution < -0.4 is 0 Å². The maximum absolute atomic E-state index is 12.6. The molecule has 0 aliphatic carbocycles. The third-order valence-electron chi connectivity index (χ3n) is 3.88. The van der Waals surface area contributed by atoms with Crippen LogP contribution in [0.5, 0.6) is 0 Å². The molecule has 1 aromatic rings. The van der Waals surface area contributed by atoms with Gasteiger partial charge in [-0.2, -0.15) is 0 Å². The lowest BCUT2D eigenvalue weighted by atomic mass is 10.00. The minimum atomic E-state index is -0.582. The number of nitro groups is 1. The summed E-state index contributed by atoms with van der Waals surface area (Å²) in [6, 6.07) is 3.65. The predicted octanol–water partition coefficient (Wildman–Crippen LogP) is 2.07. The second kappa shape index (κ2) is 6.55. The number of ether oxygens (including phenoxy) is 1. The number of hydrogen-bond acceptors (Lipinski definition) is 5. The largest absolute Gasteiger partial charge is 0.467 e. The molecule has 2 rings (SSSR count). The van der Waals surface area contributed by atoms with Crippen molar-refractivity contribution in [1.82, 2.24) is 4.90 Å². The monoisotopic (exact) mass is 306 g/mol. The van der Waals surface area contributed by atoms with Crippen molar-refractivity contribution >= 4 is 17.6 Å². The Bertz CT molecular complexity index is 614. The molecule has 7 heteroatoms. The Morgan fingerprint density at radius 3 is 2.68 bits per heavy atom. The summed E-state index contributed by atoms with van der Waals surface area (Å²) in [7, 11) is 1.30. The molecular weight excluding hydrogens is 288 g/mol. The van der Waals surface area contributed by atoms with Gasteiger partial charge < -0.3 is 9.64 Å². The van der Waals surface area contributed by atoms with E-state index in [4.69, 9.17) is 4.74 Å². The van der Waals surface area contributed by atoms with E-state index in [1.54, 1.807) is 6.92 Å². The molecule has 1 amide bonds. The van der Waals surface area contributed by atoms with Crippen molar-refractivity contribution < 1.29 is 19.2 Å². The Labute approximate surface area is 128 Å². The van der Waals surface area contributed by atoms with Gasteiger partial charge in [0.15, 0.2) is 0 Å². The zero-order chi connectivity index (χ0) is 16.3. The van der Waals surface area contributed by atoms with Gasteiger partial charge in [0.05, 0.1) is 12.0 Å². The molecule has 22 heavy (non-hydrogen) atoms. The van der Waals surface area contributed by atoms with Gasteiger partial charge in [0.1, 0.15) is 6.04 Å². The van der Waals surface area contributed by atoms with Crippen molar-refractivity contribution in [2.45, 2.75) is 32.2 Å². The molecule has 1 aromatic carbocycles. The lowest BCUT2D eigenvalue weighted by Crippen LogP contribution is -2.48. The van der Waals surface area contributed by atoms with Gasteiger partial charge in [0.25, 0.3) is 11.6 Å². The summed E-state index contributed by atoms with van der Waals surface area (Å²) in [6.07, 6.45) is 2.26. The molecule has 118 valence electrons. The maximum atomic E-state index is 12.6. The molecule has 1 aliphatic heterocycles. The van der Waals surface area contributed by atoms with Crippen LogP contribution in [0.1, 0.15) is 35.2 Å². The number of amides is 1. The molecule has 1 unspecified atom stereocenters. The Balaban J connectivity index is 2.27. The van der Waals surface area contributed by atoms with E-state index in [0.717, 1.165) is 12.8 Å². The number of nitro benzene ring substituents is 1. The highest BCUT2D eigenvalue weighted by atomic mass is 16.6. The molecule has 0 N–H and O–H groups in total. The van der Waals surface area contributed by atoms with Crippen LogP contribution in [-0.4, -0.2) is 41.4 Å². The number of esters is 1. The quantitative estimate of drug-likeness (QED) is 0.484. The van der Waals surface area contributed by atoms with Gasteiger partial charge in [-0.1, -0.05) is 0 Å². The summed E-state index contributed by atoms with van der Waals surface area (Å²) >= 11 is 0. The third-order valence-corrected chi connectivity index (χ3v) is 3.88. The van der Waals surface area contributed by atoms with Crippen LogP contribution >= 0.6 is 0 Å². The summed E-state index contributed by atoms with van der Waals surface area (Å²) < 4.78 is 4.76. The maximum Gasteiger partial charge on any atom is 0.328 e. The van der Waals surface area contributed by atoms with Crippen LogP contribution in [0.3, 0.4) is 0 Å². The number of piperidine rings is 1. The van der Waals surface area contributed by atoms with Crippen molar-refractivity contribution in [2.75, 3.05) is 13.7 Å². The van der Waals surface area contributed by atoms with E-state index >= 15 is 0 Å². The first-order chi connectivity index (χ1) is 10.5. The highest BCUT2D eigenvalue weighted by Gasteiger charge is 2.33. The number of rotatable bonds is 3. The van der Waals surface area contributed by atoms with Gasteiger partial charge in [0, 0.05) is 23.7 Å². The molecular formula is C15H18N2O5. The molecule has 1 heterocycles. The second-order valence-electron chi connectivity index (χ2n) is 5.29. The summed E-state index contributed by atoms with van der Waals surface area (Å²) in [4.78, 5) is 36.3. The summed E-state index contributed by atoms with van der Waals surface area (Å²) in [6.45, 7) is 2.07. The zero-order valence-corrected chi connectivity index (χ0v) is 12.6. The van der Waals surface area contributed by atoms with Crippen molar-refractivity contribution in [2.24, 2.45) is 0 Å². The van der Waals surface area contributed by atoms with E-state index in [1.807, 2.05) is 0 Å². The minimum absolute atomic E-state index is 0.0280. The Morgan fingerprint density at radius 2 is 2.09 bits per heavy atom.